The minimum absolute atomic E-state index is 0.0197. The number of piperidine rings is 1. The molecule has 16 heavy (non-hydrogen) atoms. The van der Waals surface area contributed by atoms with Crippen LogP contribution in [0.4, 0.5) is 5.69 Å². The first-order valence-corrected chi connectivity index (χ1v) is 5.63. The third kappa shape index (κ3) is 2.73. The second kappa shape index (κ2) is 4.99. The number of carbonyl (C=O) groups is 1. The Morgan fingerprint density at radius 2 is 2.12 bits per heavy atom. The van der Waals surface area contributed by atoms with Gasteiger partial charge in [0, 0.05) is 23.8 Å². The number of benzene rings is 1. The van der Waals surface area contributed by atoms with Gasteiger partial charge in [-0.2, -0.15) is 0 Å². The normalized spacial score (nSPS) is 20.4. The molecule has 1 aromatic carbocycles. The molecule has 86 valence electrons. The van der Waals surface area contributed by atoms with Crippen LogP contribution in [0.2, 0.25) is 0 Å². The van der Waals surface area contributed by atoms with Gasteiger partial charge in [-0.15, -0.1) is 0 Å². The lowest BCUT2D eigenvalue weighted by Gasteiger charge is -2.23. The highest BCUT2D eigenvalue weighted by atomic mass is 16.1. The molecule has 4 nitrogen and oxygen atoms in total. The molecule has 1 unspecified atom stereocenters. The lowest BCUT2D eigenvalue weighted by Crippen LogP contribution is -2.45. The number of amides is 1. The Hall–Kier alpha value is -1.55. The number of hydrogen-bond acceptors (Lipinski definition) is 3. The van der Waals surface area contributed by atoms with E-state index in [2.05, 4.69) is 10.6 Å². The Kier molecular flexibility index (Phi) is 3.41. The predicted octanol–water partition coefficient (Wildman–Crippen LogP) is 0.751. The van der Waals surface area contributed by atoms with E-state index >= 15 is 0 Å². The molecular weight excluding hydrogens is 202 g/mol. The SMILES string of the molecule is Nc1ccc(C(=O)NC2CCCNC2)cc1. The summed E-state index contributed by atoms with van der Waals surface area (Å²) in [6.45, 7) is 1.91. The fourth-order valence-corrected chi connectivity index (χ4v) is 1.88. The Morgan fingerprint density at radius 3 is 2.75 bits per heavy atom. The second-order valence-electron chi connectivity index (χ2n) is 4.14. The van der Waals surface area contributed by atoms with Crippen molar-refractivity contribution < 1.29 is 4.79 Å². The molecule has 2 rings (SSSR count). The van der Waals surface area contributed by atoms with Crippen molar-refractivity contribution in [3.05, 3.63) is 29.8 Å². The van der Waals surface area contributed by atoms with Crippen LogP contribution in [-0.2, 0) is 0 Å². The summed E-state index contributed by atoms with van der Waals surface area (Å²) < 4.78 is 0. The highest BCUT2D eigenvalue weighted by Crippen LogP contribution is 2.07. The maximum Gasteiger partial charge on any atom is 0.251 e. The molecule has 0 bridgehead atoms. The summed E-state index contributed by atoms with van der Waals surface area (Å²) in [6, 6.07) is 7.24. The number of anilines is 1. The number of nitrogen functional groups attached to an aromatic ring is 1. The summed E-state index contributed by atoms with van der Waals surface area (Å²) in [5.41, 5.74) is 6.91. The summed E-state index contributed by atoms with van der Waals surface area (Å²) in [4.78, 5) is 11.8. The van der Waals surface area contributed by atoms with Gasteiger partial charge < -0.3 is 16.4 Å². The van der Waals surface area contributed by atoms with E-state index in [1.165, 1.54) is 0 Å². The fourth-order valence-electron chi connectivity index (χ4n) is 1.88. The van der Waals surface area contributed by atoms with Gasteiger partial charge in [0.05, 0.1) is 0 Å². The van der Waals surface area contributed by atoms with Crippen LogP contribution in [0.3, 0.4) is 0 Å². The van der Waals surface area contributed by atoms with Crippen molar-refractivity contribution in [2.45, 2.75) is 18.9 Å². The van der Waals surface area contributed by atoms with Crippen LogP contribution in [0, 0.1) is 0 Å². The van der Waals surface area contributed by atoms with E-state index in [9.17, 15) is 4.79 Å². The monoisotopic (exact) mass is 219 g/mol. The van der Waals surface area contributed by atoms with Crippen LogP contribution in [-0.4, -0.2) is 25.0 Å². The first kappa shape index (κ1) is 11.0. The lowest BCUT2D eigenvalue weighted by atomic mass is 10.1. The average molecular weight is 219 g/mol. The van der Waals surface area contributed by atoms with Gasteiger partial charge in [-0.3, -0.25) is 4.79 Å². The van der Waals surface area contributed by atoms with Gasteiger partial charge in [-0.1, -0.05) is 0 Å². The Balaban J connectivity index is 1.94. The largest absolute Gasteiger partial charge is 0.399 e. The van der Waals surface area contributed by atoms with E-state index in [1.54, 1.807) is 24.3 Å². The van der Waals surface area contributed by atoms with E-state index in [4.69, 9.17) is 5.73 Å². The topological polar surface area (TPSA) is 67.2 Å². The molecule has 1 saturated heterocycles. The second-order valence-corrected chi connectivity index (χ2v) is 4.14. The van der Waals surface area contributed by atoms with Gasteiger partial charge in [-0.25, -0.2) is 0 Å². The predicted molar refractivity (Wildman–Crippen MR) is 64.2 cm³/mol. The Bertz CT molecular complexity index is 355. The number of carbonyl (C=O) groups excluding carboxylic acids is 1. The zero-order chi connectivity index (χ0) is 11.4. The zero-order valence-corrected chi connectivity index (χ0v) is 9.20. The minimum atomic E-state index is -0.0197. The average Bonchev–Trinajstić information content (AvgIpc) is 2.31. The molecule has 1 aromatic rings. The first-order valence-electron chi connectivity index (χ1n) is 5.63. The van der Waals surface area contributed by atoms with Crippen molar-refractivity contribution in [3.63, 3.8) is 0 Å². The van der Waals surface area contributed by atoms with Crippen molar-refractivity contribution in [3.8, 4) is 0 Å². The van der Waals surface area contributed by atoms with Crippen molar-refractivity contribution in [2.24, 2.45) is 0 Å². The first-order chi connectivity index (χ1) is 7.75. The molecular formula is C12H17N3O. The summed E-state index contributed by atoms with van der Waals surface area (Å²) in [6.07, 6.45) is 2.17. The van der Waals surface area contributed by atoms with Gasteiger partial charge in [-0.05, 0) is 43.7 Å². The molecule has 0 spiro atoms. The quantitative estimate of drug-likeness (QED) is 0.643. The van der Waals surface area contributed by atoms with E-state index in [0.29, 0.717) is 11.3 Å². The van der Waals surface area contributed by atoms with Crippen LogP contribution in [0.5, 0.6) is 0 Å². The molecule has 4 heteroatoms. The van der Waals surface area contributed by atoms with Gasteiger partial charge in [0.15, 0.2) is 0 Å². The number of rotatable bonds is 2. The molecule has 0 saturated carbocycles. The van der Waals surface area contributed by atoms with Gasteiger partial charge >= 0.3 is 0 Å². The van der Waals surface area contributed by atoms with Crippen LogP contribution in [0.25, 0.3) is 0 Å². The summed E-state index contributed by atoms with van der Waals surface area (Å²) >= 11 is 0. The van der Waals surface area contributed by atoms with E-state index in [1.807, 2.05) is 0 Å². The zero-order valence-electron chi connectivity index (χ0n) is 9.20. The van der Waals surface area contributed by atoms with Gasteiger partial charge in [0.1, 0.15) is 0 Å². The fraction of sp³-hybridized carbons (Fsp3) is 0.417. The van der Waals surface area contributed by atoms with E-state index in [-0.39, 0.29) is 11.9 Å². The molecule has 0 aliphatic carbocycles. The number of nitrogens with two attached hydrogens (primary N) is 1. The van der Waals surface area contributed by atoms with E-state index in [0.717, 1.165) is 25.9 Å². The molecule has 1 aliphatic rings. The molecule has 1 amide bonds. The molecule has 4 N–H and O–H groups in total. The van der Waals surface area contributed by atoms with E-state index < -0.39 is 0 Å². The molecule has 0 radical (unpaired) electrons. The van der Waals surface area contributed by atoms with Crippen LogP contribution in [0.1, 0.15) is 23.2 Å². The third-order valence-corrected chi connectivity index (χ3v) is 2.80. The summed E-state index contributed by atoms with van der Waals surface area (Å²) in [7, 11) is 0. The third-order valence-electron chi connectivity index (χ3n) is 2.80. The van der Waals surface area contributed by atoms with Crippen molar-refractivity contribution in [1.29, 1.82) is 0 Å². The number of nitrogens with one attached hydrogen (secondary N) is 2. The maximum atomic E-state index is 11.8. The van der Waals surface area contributed by atoms with Crippen molar-refractivity contribution in [2.75, 3.05) is 18.8 Å². The smallest absolute Gasteiger partial charge is 0.251 e. The molecule has 1 aliphatic heterocycles. The maximum absolute atomic E-state index is 11.8. The van der Waals surface area contributed by atoms with Crippen LogP contribution >= 0.6 is 0 Å². The Labute approximate surface area is 95.2 Å². The van der Waals surface area contributed by atoms with Crippen LogP contribution in [0.15, 0.2) is 24.3 Å². The van der Waals surface area contributed by atoms with Crippen molar-refractivity contribution >= 4 is 11.6 Å². The van der Waals surface area contributed by atoms with Gasteiger partial charge in [0.25, 0.3) is 5.91 Å². The molecule has 1 fully saturated rings. The highest BCUT2D eigenvalue weighted by Gasteiger charge is 2.15. The molecule has 1 atom stereocenters. The molecule has 1 heterocycles. The number of hydrogen-bond donors (Lipinski definition) is 3. The standard InChI is InChI=1S/C12H17N3O/c13-10-5-3-9(4-6-10)12(16)15-11-2-1-7-14-8-11/h3-6,11,14H,1-2,7-8,13H2,(H,15,16). The van der Waals surface area contributed by atoms with Gasteiger partial charge in [0.2, 0.25) is 0 Å². The van der Waals surface area contributed by atoms with Crippen LogP contribution < -0.4 is 16.4 Å². The summed E-state index contributed by atoms with van der Waals surface area (Å²) in [5.74, 6) is -0.0197. The van der Waals surface area contributed by atoms with Crippen molar-refractivity contribution in [1.82, 2.24) is 10.6 Å². The molecule has 0 aromatic heterocycles. The minimum Gasteiger partial charge on any atom is -0.399 e. The highest BCUT2D eigenvalue weighted by molar-refractivity contribution is 5.94. The summed E-state index contributed by atoms with van der Waals surface area (Å²) in [5, 5.41) is 6.28. The lowest BCUT2D eigenvalue weighted by molar-refractivity contribution is 0.0930. The Morgan fingerprint density at radius 1 is 1.38 bits per heavy atom.